The number of benzene rings is 3. The molecule has 3 aromatic carbocycles. The summed E-state index contributed by atoms with van der Waals surface area (Å²) in [5.74, 6) is 1.66. The van der Waals surface area contributed by atoms with E-state index in [1.165, 1.54) is 5.56 Å². The lowest BCUT2D eigenvalue weighted by Crippen LogP contribution is -1.99. The normalized spacial score (nSPS) is 10.8. The van der Waals surface area contributed by atoms with E-state index in [4.69, 9.17) is 11.6 Å². The third-order valence-electron chi connectivity index (χ3n) is 3.96. The zero-order chi connectivity index (χ0) is 17.8. The first-order valence-electron chi connectivity index (χ1n) is 8.25. The predicted octanol–water partition coefficient (Wildman–Crippen LogP) is 5.88. The Bertz CT molecular complexity index is 983. The van der Waals surface area contributed by atoms with Crippen LogP contribution in [0.5, 0.6) is 0 Å². The van der Waals surface area contributed by atoms with E-state index in [9.17, 15) is 0 Å². The third-order valence-corrected chi connectivity index (χ3v) is 5.21. The summed E-state index contributed by atoms with van der Waals surface area (Å²) >= 11 is 7.74. The van der Waals surface area contributed by atoms with Crippen LogP contribution in [0.25, 0.3) is 17.1 Å². The van der Waals surface area contributed by atoms with Gasteiger partial charge in [-0.25, -0.2) is 0 Å². The van der Waals surface area contributed by atoms with E-state index in [1.807, 2.05) is 60.7 Å². The van der Waals surface area contributed by atoms with Crippen LogP contribution in [0.15, 0.2) is 90.1 Å². The molecule has 26 heavy (non-hydrogen) atoms. The number of aromatic nitrogens is 3. The molecule has 0 saturated heterocycles. The van der Waals surface area contributed by atoms with E-state index in [2.05, 4.69) is 39.0 Å². The molecule has 4 aromatic rings. The van der Waals surface area contributed by atoms with Gasteiger partial charge in [0, 0.05) is 22.0 Å². The van der Waals surface area contributed by atoms with E-state index in [0.29, 0.717) is 5.02 Å². The molecule has 0 fully saturated rings. The zero-order valence-corrected chi connectivity index (χ0v) is 15.5. The zero-order valence-electron chi connectivity index (χ0n) is 13.9. The molecule has 0 amide bonds. The number of halogens is 1. The maximum atomic E-state index is 6.07. The van der Waals surface area contributed by atoms with Crippen LogP contribution in [-0.4, -0.2) is 14.8 Å². The molecule has 0 aliphatic heterocycles. The lowest BCUT2D eigenvalue weighted by atomic mass is 10.2. The number of thioether (sulfide) groups is 1. The quantitative estimate of drug-likeness (QED) is 0.407. The summed E-state index contributed by atoms with van der Waals surface area (Å²) in [6.07, 6.45) is 0. The van der Waals surface area contributed by atoms with Crippen LogP contribution in [0.2, 0.25) is 5.02 Å². The molecular formula is C21H16ClN3S. The minimum absolute atomic E-state index is 0.710. The van der Waals surface area contributed by atoms with Crippen LogP contribution < -0.4 is 0 Å². The maximum absolute atomic E-state index is 6.07. The Labute approximate surface area is 161 Å². The summed E-state index contributed by atoms with van der Waals surface area (Å²) in [6.45, 7) is 0. The van der Waals surface area contributed by atoms with Crippen molar-refractivity contribution in [1.29, 1.82) is 0 Å². The van der Waals surface area contributed by atoms with E-state index in [-0.39, 0.29) is 0 Å². The van der Waals surface area contributed by atoms with Gasteiger partial charge < -0.3 is 0 Å². The Morgan fingerprint density at radius 2 is 1.42 bits per heavy atom. The SMILES string of the molecule is Clc1ccc(-n2c(SCc3ccccc3)nnc2-c2ccccc2)cc1. The minimum atomic E-state index is 0.710. The molecule has 0 atom stereocenters. The molecule has 5 heteroatoms. The average molecular weight is 378 g/mol. The molecule has 0 radical (unpaired) electrons. The Hall–Kier alpha value is -2.56. The predicted molar refractivity (Wildman–Crippen MR) is 108 cm³/mol. The maximum Gasteiger partial charge on any atom is 0.196 e. The molecule has 0 saturated carbocycles. The monoisotopic (exact) mass is 377 g/mol. The highest BCUT2D eigenvalue weighted by Crippen LogP contribution is 2.30. The van der Waals surface area contributed by atoms with E-state index < -0.39 is 0 Å². The second-order valence-corrected chi connectivity index (χ2v) is 7.14. The van der Waals surface area contributed by atoms with Crippen LogP contribution in [0.4, 0.5) is 0 Å². The van der Waals surface area contributed by atoms with Gasteiger partial charge in [-0.2, -0.15) is 0 Å². The third kappa shape index (κ3) is 3.66. The van der Waals surface area contributed by atoms with Crippen LogP contribution >= 0.6 is 23.4 Å². The largest absolute Gasteiger partial charge is 0.270 e. The molecule has 0 spiro atoms. The summed E-state index contributed by atoms with van der Waals surface area (Å²) in [7, 11) is 0. The number of nitrogens with zero attached hydrogens (tertiary/aromatic N) is 3. The van der Waals surface area contributed by atoms with Crippen LogP contribution in [0.1, 0.15) is 5.56 Å². The molecule has 0 unspecified atom stereocenters. The minimum Gasteiger partial charge on any atom is -0.270 e. The van der Waals surface area contributed by atoms with Gasteiger partial charge in [0.05, 0.1) is 0 Å². The summed E-state index contributed by atoms with van der Waals surface area (Å²) in [5, 5.41) is 10.5. The van der Waals surface area contributed by atoms with Gasteiger partial charge in [0.2, 0.25) is 0 Å². The van der Waals surface area contributed by atoms with Gasteiger partial charge in [0.15, 0.2) is 11.0 Å². The first-order chi connectivity index (χ1) is 12.8. The molecule has 1 aromatic heterocycles. The Balaban J connectivity index is 1.74. The summed E-state index contributed by atoms with van der Waals surface area (Å²) in [4.78, 5) is 0. The second kappa shape index (κ2) is 7.77. The Morgan fingerprint density at radius 3 is 2.12 bits per heavy atom. The van der Waals surface area contributed by atoms with Crippen molar-refractivity contribution in [2.75, 3.05) is 0 Å². The summed E-state index contributed by atoms with van der Waals surface area (Å²) < 4.78 is 2.08. The molecular weight excluding hydrogens is 362 g/mol. The fourth-order valence-electron chi connectivity index (χ4n) is 2.68. The van der Waals surface area contributed by atoms with Crippen molar-refractivity contribution in [2.24, 2.45) is 0 Å². The van der Waals surface area contributed by atoms with Crippen molar-refractivity contribution in [1.82, 2.24) is 14.8 Å². The first kappa shape index (κ1) is 16.9. The molecule has 0 bridgehead atoms. The number of hydrogen-bond donors (Lipinski definition) is 0. The highest BCUT2D eigenvalue weighted by Gasteiger charge is 2.16. The van der Waals surface area contributed by atoms with Crippen molar-refractivity contribution >= 4 is 23.4 Å². The first-order valence-corrected chi connectivity index (χ1v) is 9.61. The van der Waals surface area contributed by atoms with Crippen molar-refractivity contribution in [3.05, 3.63) is 95.5 Å². The lowest BCUT2D eigenvalue weighted by molar-refractivity contribution is 0.886. The van der Waals surface area contributed by atoms with Gasteiger partial charge in [0.1, 0.15) is 0 Å². The van der Waals surface area contributed by atoms with Crippen LogP contribution in [-0.2, 0) is 5.75 Å². The highest BCUT2D eigenvalue weighted by molar-refractivity contribution is 7.98. The fraction of sp³-hybridized carbons (Fsp3) is 0.0476. The lowest BCUT2D eigenvalue weighted by Gasteiger charge is -2.10. The van der Waals surface area contributed by atoms with E-state index in [0.717, 1.165) is 28.0 Å². The molecule has 0 aliphatic rings. The molecule has 0 N–H and O–H groups in total. The van der Waals surface area contributed by atoms with E-state index >= 15 is 0 Å². The summed E-state index contributed by atoms with van der Waals surface area (Å²) in [6, 6.07) is 28.2. The Morgan fingerprint density at radius 1 is 0.769 bits per heavy atom. The molecule has 4 rings (SSSR count). The standard InChI is InChI=1S/C21H16ClN3S/c22-18-11-13-19(14-12-18)25-20(17-9-5-2-6-10-17)23-24-21(25)26-15-16-7-3-1-4-8-16/h1-14H,15H2. The van der Waals surface area contributed by atoms with Crippen molar-refractivity contribution in [3.63, 3.8) is 0 Å². The van der Waals surface area contributed by atoms with Gasteiger partial charge in [-0.15, -0.1) is 10.2 Å². The van der Waals surface area contributed by atoms with Crippen molar-refractivity contribution < 1.29 is 0 Å². The average Bonchev–Trinajstić information content (AvgIpc) is 3.12. The highest BCUT2D eigenvalue weighted by atomic mass is 35.5. The van der Waals surface area contributed by atoms with Crippen molar-refractivity contribution in [3.8, 4) is 17.1 Å². The molecule has 0 aliphatic carbocycles. The van der Waals surface area contributed by atoms with Gasteiger partial charge >= 0.3 is 0 Å². The van der Waals surface area contributed by atoms with Crippen molar-refractivity contribution in [2.45, 2.75) is 10.9 Å². The number of hydrogen-bond acceptors (Lipinski definition) is 3. The molecule has 128 valence electrons. The van der Waals surface area contributed by atoms with Gasteiger partial charge in [0.25, 0.3) is 0 Å². The van der Waals surface area contributed by atoms with Gasteiger partial charge in [-0.1, -0.05) is 84.0 Å². The number of rotatable bonds is 5. The fourth-order valence-corrected chi connectivity index (χ4v) is 3.72. The molecule has 1 heterocycles. The second-order valence-electron chi connectivity index (χ2n) is 5.76. The smallest absolute Gasteiger partial charge is 0.196 e. The summed E-state index contributed by atoms with van der Waals surface area (Å²) in [5.41, 5.74) is 3.28. The topological polar surface area (TPSA) is 30.7 Å². The van der Waals surface area contributed by atoms with Crippen LogP contribution in [0, 0.1) is 0 Å². The Kier molecular flexibility index (Phi) is 5.04. The van der Waals surface area contributed by atoms with Gasteiger partial charge in [-0.3, -0.25) is 4.57 Å². The molecule has 3 nitrogen and oxygen atoms in total. The van der Waals surface area contributed by atoms with E-state index in [1.54, 1.807) is 11.8 Å². The van der Waals surface area contributed by atoms with Crippen LogP contribution in [0.3, 0.4) is 0 Å². The van der Waals surface area contributed by atoms with Gasteiger partial charge in [-0.05, 0) is 29.8 Å².